The minimum absolute atomic E-state index is 0.124. The van der Waals surface area contributed by atoms with Crippen LogP contribution in [0.25, 0.3) is 0 Å². The molecule has 1 atom stereocenters. The second-order valence-electron chi connectivity index (χ2n) is 2.16. The summed E-state index contributed by atoms with van der Waals surface area (Å²) in [5.41, 5.74) is 0. The lowest BCUT2D eigenvalue weighted by Crippen LogP contribution is -2.14. The Balaban J connectivity index is 3.99. The summed E-state index contributed by atoms with van der Waals surface area (Å²) in [6.07, 6.45) is 2.40. The van der Waals surface area contributed by atoms with Gasteiger partial charge in [0.1, 0.15) is 0 Å². The van der Waals surface area contributed by atoms with Crippen molar-refractivity contribution < 1.29 is 10.2 Å². The molecule has 0 heterocycles. The summed E-state index contributed by atoms with van der Waals surface area (Å²) in [6, 6.07) is 0. The van der Waals surface area contributed by atoms with Crippen molar-refractivity contribution >= 4 is 34.5 Å². The quantitative estimate of drug-likeness (QED) is 0.515. The molecule has 0 amide bonds. The highest BCUT2D eigenvalue weighted by Gasteiger charge is 2.13. The van der Waals surface area contributed by atoms with Gasteiger partial charge < -0.3 is 10.2 Å². The van der Waals surface area contributed by atoms with Crippen molar-refractivity contribution in [1.29, 1.82) is 0 Å². The first-order chi connectivity index (χ1) is 5.07. The highest BCUT2D eigenvalue weighted by molar-refractivity contribution is 7.80. The van der Waals surface area contributed by atoms with Gasteiger partial charge in [-0.3, -0.25) is 0 Å². The Morgan fingerprint density at radius 1 is 1.45 bits per heavy atom. The summed E-state index contributed by atoms with van der Waals surface area (Å²) in [5.74, 6) is -0.264. The Morgan fingerprint density at radius 2 is 2.00 bits per heavy atom. The van der Waals surface area contributed by atoms with Gasteiger partial charge in [0.25, 0.3) is 0 Å². The molecule has 0 saturated carbocycles. The van der Waals surface area contributed by atoms with Gasteiger partial charge in [-0.05, 0) is 30.9 Å². The molecule has 2 N–H and O–H groups in total. The van der Waals surface area contributed by atoms with E-state index in [1.54, 1.807) is 6.08 Å². The molecule has 11 heavy (non-hydrogen) atoms. The molecule has 2 nitrogen and oxygen atoms in total. The summed E-state index contributed by atoms with van der Waals surface area (Å²) in [5, 5.41) is 17.4. The van der Waals surface area contributed by atoms with Crippen LogP contribution in [0.15, 0.2) is 12.7 Å². The van der Waals surface area contributed by atoms with E-state index in [1.165, 1.54) is 0 Å². The largest absolute Gasteiger partial charge is 0.502 e. The van der Waals surface area contributed by atoms with Crippen LogP contribution in [0.2, 0.25) is 0 Å². The van der Waals surface area contributed by atoms with Crippen LogP contribution in [-0.4, -0.2) is 20.3 Å². The van der Waals surface area contributed by atoms with Crippen LogP contribution < -0.4 is 0 Å². The van der Waals surface area contributed by atoms with E-state index < -0.39 is 0 Å². The third kappa shape index (κ3) is 4.86. The van der Waals surface area contributed by atoms with E-state index in [1.807, 2.05) is 0 Å². The van der Waals surface area contributed by atoms with Gasteiger partial charge in [0.15, 0.2) is 10.1 Å². The Bertz CT molecular complexity index is 177. The number of rotatable bonds is 5. The SMILES string of the molecule is C=CCC(CC(O)=S)C(O)=S. The van der Waals surface area contributed by atoms with Crippen molar-refractivity contribution in [2.75, 3.05) is 0 Å². The summed E-state index contributed by atoms with van der Waals surface area (Å²) < 4.78 is 0. The average Bonchev–Trinajstić information content (AvgIpc) is 1.86. The van der Waals surface area contributed by atoms with Gasteiger partial charge in [0.05, 0.1) is 0 Å². The molecule has 62 valence electrons. The number of aliphatic hydroxyl groups is 2. The minimum Gasteiger partial charge on any atom is -0.502 e. The molecule has 0 aliphatic carbocycles. The minimum atomic E-state index is -0.264. The first kappa shape index (κ1) is 10.5. The summed E-state index contributed by atoms with van der Waals surface area (Å²) in [7, 11) is 0. The number of hydrogen-bond acceptors (Lipinski definition) is 2. The molecule has 0 aliphatic heterocycles. The molecule has 4 heteroatoms. The Morgan fingerprint density at radius 3 is 2.27 bits per heavy atom. The summed E-state index contributed by atoms with van der Waals surface area (Å²) >= 11 is 8.99. The second kappa shape index (κ2) is 5.21. The zero-order valence-corrected chi connectivity index (χ0v) is 7.62. The lowest BCUT2D eigenvalue weighted by atomic mass is 10.0. The van der Waals surface area contributed by atoms with E-state index in [0.29, 0.717) is 6.42 Å². The maximum absolute atomic E-state index is 8.91. The normalized spacial score (nSPS) is 12.0. The van der Waals surface area contributed by atoms with Crippen LogP contribution in [0.1, 0.15) is 12.8 Å². The molecule has 0 aliphatic rings. The van der Waals surface area contributed by atoms with Crippen LogP contribution in [-0.2, 0) is 0 Å². The molecule has 0 aromatic rings. The molecule has 0 radical (unpaired) electrons. The molecular weight excluding hydrogens is 180 g/mol. The molecule has 0 fully saturated rings. The predicted octanol–water partition coefficient (Wildman–Crippen LogP) is 2.34. The molecular formula is C7H10O2S2. The van der Waals surface area contributed by atoms with Crippen molar-refractivity contribution in [2.24, 2.45) is 5.92 Å². The Labute approximate surface area is 76.5 Å². The number of aliphatic hydroxyl groups excluding tert-OH is 2. The van der Waals surface area contributed by atoms with Crippen LogP contribution in [0.3, 0.4) is 0 Å². The van der Waals surface area contributed by atoms with Crippen LogP contribution >= 0.6 is 24.4 Å². The van der Waals surface area contributed by atoms with Crippen molar-refractivity contribution in [3.05, 3.63) is 12.7 Å². The topological polar surface area (TPSA) is 40.5 Å². The molecule has 0 bridgehead atoms. The number of hydrogen-bond donors (Lipinski definition) is 2. The first-order valence-electron chi connectivity index (χ1n) is 3.13. The van der Waals surface area contributed by atoms with Gasteiger partial charge in [-0.1, -0.05) is 6.08 Å². The lowest BCUT2D eigenvalue weighted by molar-refractivity contribution is 0.478. The molecule has 0 rings (SSSR count). The smallest absolute Gasteiger partial charge is 0.160 e. The van der Waals surface area contributed by atoms with Crippen molar-refractivity contribution in [1.82, 2.24) is 0 Å². The monoisotopic (exact) mass is 190 g/mol. The fourth-order valence-electron chi connectivity index (χ4n) is 0.683. The van der Waals surface area contributed by atoms with Gasteiger partial charge in [-0.25, -0.2) is 0 Å². The third-order valence-electron chi connectivity index (χ3n) is 1.22. The lowest BCUT2D eigenvalue weighted by Gasteiger charge is -2.09. The van der Waals surface area contributed by atoms with Gasteiger partial charge in [-0.15, -0.1) is 6.58 Å². The van der Waals surface area contributed by atoms with Gasteiger partial charge in [0.2, 0.25) is 0 Å². The van der Waals surface area contributed by atoms with Crippen LogP contribution in [0, 0.1) is 5.92 Å². The van der Waals surface area contributed by atoms with Crippen molar-refractivity contribution in [3.8, 4) is 0 Å². The molecule has 0 aromatic carbocycles. The number of thiocarbonyl (C=S) groups is 2. The Hall–Kier alpha value is -0.480. The summed E-state index contributed by atoms with van der Waals surface area (Å²) in [6.45, 7) is 3.49. The van der Waals surface area contributed by atoms with Crippen LogP contribution in [0.4, 0.5) is 0 Å². The van der Waals surface area contributed by atoms with Gasteiger partial charge in [0, 0.05) is 12.3 Å². The fraction of sp³-hybridized carbons (Fsp3) is 0.429. The van der Waals surface area contributed by atoms with E-state index in [-0.39, 0.29) is 22.4 Å². The van der Waals surface area contributed by atoms with E-state index in [2.05, 4.69) is 31.0 Å². The van der Waals surface area contributed by atoms with E-state index in [9.17, 15) is 0 Å². The maximum Gasteiger partial charge on any atom is 0.160 e. The second-order valence-corrected chi connectivity index (χ2v) is 3.05. The van der Waals surface area contributed by atoms with Crippen LogP contribution in [0.5, 0.6) is 0 Å². The zero-order chi connectivity index (χ0) is 8.85. The molecule has 0 saturated heterocycles. The third-order valence-corrected chi connectivity index (χ3v) is 1.72. The van der Waals surface area contributed by atoms with E-state index in [0.717, 1.165) is 0 Å². The maximum atomic E-state index is 8.91. The molecule has 0 aromatic heterocycles. The predicted molar refractivity (Wildman–Crippen MR) is 53.4 cm³/mol. The Kier molecular flexibility index (Phi) is 4.98. The molecule has 0 spiro atoms. The standard InChI is InChI=1S/C7H10O2S2/c1-2-3-5(7(9)11)4-6(8)10/h2,5H,1,3-4H2,(H,8,10)(H,9,11). The van der Waals surface area contributed by atoms with Gasteiger partial charge >= 0.3 is 0 Å². The fourth-order valence-corrected chi connectivity index (χ4v) is 1.06. The highest BCUT2D eigenvalue weighted by atomic mass is 32.1. The first-order valence-corrected chi connectivity index (χ1v) is 3.95. The number of allylic oxidation sites excluding steroid dienone is 1. The molecule has 1 unspecified atom stereocenters. The van der Waals surface area contributed by atoms with E-state index >= 15 is 0 Å². The van der Waals surface area contributed by atoms with E-state index in [4.69, 9.17) is 10.2 Å². The average molecular weight is 190 g/mol. The zero-order valence-electron chi connectivity index (χ0n) is 5.99. The highest BCUT2D eigenvalue weighted by Crippen LogP contribution is 2.11. The van der Waals surface area contributed by atoms with Crippen molar-refractivity contribution in [2.45, 2.75) is 12.8 Å². The summed E-state index contributed by atoms with van der Waals surface area (Å²) in [4.78, 5) is 0. The van der Waals surface area contributed by atoms with Crippen molar-refractivity contribution in [3.63, 3.8) is 0 Å². The van der Waals surface area contributed by atoms with Gasteiger partial charge in [-0.2, -0.15) is 0 Å².